The minimum Gasteiger partial charge on any atom is -0.329 e. The lowest BCUT2D eigenvalue weighted by molar-refractivity contribution is 0.592. The molecular weight excluding hydrogens is 202 g/mol. The Morgan fingerprint density at radius 1 is 1.25 bits per heavy atom. The summed E-state index contributed by atoms with van der Waals surface area (Å²) < 4.78 is 0. The average Bonchev–Trinajstić information content (AvgIpc) is 2.28. The number of rotatable bonds is 8. The number of pyridine rings is 1. The van der Waals surface area contributed by atoms with E-state index in [4.69, 9.17) is 0 Å². The number of hydrogen-bond acceptors (Lipinski definition) is 3. The SMILES string of the molecule is CCCNCCCNCc1cc[nH]c(=O)c1. The summed E-state index contributed by atoms with van der Waals surface area (Å²) in [6, 6.07) is 3.55. The summed E-state index contributed by atoms with van der Waals surface area (Å²) >= 11 is 0. The topological polar surface area (TPSA) is 56.9 Å². The third kappa shape index (κ3) is 5.68. The summed E-state index contributed by atoms with van der Waals surface area (Å²) in [6.07, 6.45) is 3.98. The first kappa shape index (κ1) is 12.9. The highest BCUT2D eigenvalue weighted by Gasteiger charge is 1.93. The third-order valence-electron chi connectivity index (χ3n) is 2.30. The maximum atomic E-state index is 11.0. The van der Waals surface area contributed by atoms with E-state index >= 15 is 0 Å². The molecule has 16 heavy (non-hydrogen) atoms. The van der Waals surface area contributed by atoms with Gasteiger partial charge in [-0.05, 0) is 44.1 Å². The molecule has 0 saturated carbocycles. The molecule has 0 atom stereocenters. The molecule has 0 spiro atoms. The van der Waals surface area contributed by atoms with E-state index in [0.29, 0.717) is 0 Å². The van der Waals surface area contributed by atoms with Gasteiger partial charge in [-0.2, -0.15) is 0 Å². The largest absolute Gasteiger partial charge is 0.329 e. The van der Waals surface area contributed by atoms with Crippen LogP contribution in [-0.2, 0) is 6.54 Å². The standard InChI is InChI=1S/C12H21N3O/c1-2-5-13-6-3-7-14-10-11-4-8-15-12(16)9-11/h4,8-9,13-14H,2-3,5-7,10H2,1H3,(H,15,16). The third-order valence-corrected chi connectivity index (χ3v) is 2.30. The van der Waals surface area contributed by atoms with Crippen LogP contribution in [0.3, 0.4) is 0 Å². The van der Waals surface area contributed by atoms with E-state index in [9.17, 15) is 4.79 Å². The summed E-state index contributed by atoms with van der Waals surface area (Å²) in [5.41, 5.74) is 0.995. The number of aromatic nitrogens is 1. The lowest BCUT2D eigenvalue weighted by atomic mass is 10.2. The van der Waals surface area contributed by atoms with Crippen LogP contribution in [0.1, 0.15) is 25.3 Å². The van der Waals surface area contributed by atoms with E-state index in [1.807, 2.05) is 6.07 Å². The molecule has 0 bridgehead atoms. The van der Waals surface area contributed by atoms with Gasteiger partial charge < -0.3 is 15.6 Å². The van der Waals surface area contributed by atoms with Gasteiger partial charge in [-0.1, -0.05) is 6.92 Å². The van der Waals surface area contributed by atoms with Gasteiger partial charge in [0.15, 0.2) is 0 Å². The van der Waals surface area contributed by atoms with E-state index in [-0.39, 0.29) is 5.56 Å². The molecule has 0 aliphatic heterocycles. The summed E-state index contributed by atoms with van der Waals surface area (Å²) in [5.74, 6) is 0. The normalized spacial score (nSPS) is 10.6. The second-order valence-electron chi connectivity index (χ2n) is 3.84. The summed E-state index contributed by atoms with van der Waals surface area (Å²) in [4.78, 5) is 13.6. The molecule has 3 N–H and O–H groups in total. The van der Waals surface area contributed by atoms with Crippen LogP contribution in [0.25, 0.3) is 0 Å². The first-order valence-electron chi connectivity index (χ1n) is 5.92. The molecule has 90 valence electrons. The first-order valence-corrected chi connectivity index (χ1v) is 5.92. The molecule has 1 aromatic rings. The van der Waals surface area contributed by atoms with Crippen molar-refractivity contribution in [2.24, 2.45) is 0 Å². The van der Waals surface area contributed by atoms with Crippen molar-refractivity contribution in [1.82, 2.24) is 15.6 Å². The second kappa shape index (κ2) is 8.07. The highest BCUT2D eigenvalue weighted by Crippen LogP contribution is 1.91. The van der Waals surface area contributed by atoms with Crippen LogP contribution in [0.2, 0.25) is 0 Å². The Morgan fingerprint density at radius 3 is 2.81 bits per heavy atom. The lowest BCUT2D eigenvalue weighted by Crippen LogP contribution is -2.22. The zero-order chi connectivity index (χ0) is 11.6. The van der Waals surface area contributed by atoms with E-state index in [1.54, 1.807) is 12.3 Å². The molecular formula is C12H21N3O. The van der Waals surface area contributed by atoms with Gasteiger partial charge in [0.25, 0.3) is 0 Å². The minimum atomic E-state index is -0.0380. The number of nitrogens with one attached hydrogen (secondary N) is 3. The van der Waals surface area contributed by atoms with Gasteiger partial charge in [0.1, 0.15) is 0 Å². The van der Waals surface area contributed by atoms with Crippen LogP contribution in [0.15, 0.2) is 23.1 Å². The Balaban J connectivity index is 2.05. The molecule has 0 radical (unpaired) electrons. The summed E-state index contributed by atoms with van der Waals surface area (Å²) in [5, 5.41) is 6.66. The number of H-pyrrole nitrogens is 1. The minimum absolute atomic E-state index is 0.0380. The fraction of sp³-hybridized carbons (Fsp3) is 0.583. The zero-order valence-electron chi connectivity index (χ0n) is 9.88. The van der Waals surface area contributed by atoms with Gasteiger partial charge in [-0.15, -0.1) is 0 Å². The molecule has 1 aromatic heterocycles. The number of hydrogen-bond donors (Lipinski definition) is 3. The van der Waals surface area contributed by atoms with Crippen molar-refractivity contribution < 1.29 is 0 Å². The Labute approximate surface area is 96.5 Å². The molecule has 0 amide bonds. The average molecular weight is 223 g/mol. The van der Waals surface area contributed by atoms with Crippen LogP contribution in [-0.4, -0.2) is 24.6 Å². The Bertz CT molecular complexity index is 335. The van der Waals surface area contributed by atoms with Crippen molar-refractivity contribution in [3.05, 3.63) is 34.2 Å². The van der Waals surface area contributed by atoms with Crippen molar-refractivity contribution in [2.45, 2.75) is 26.3 Å². The van der Waals surface area contributed by atoms with Crippen LogP contribution in [0.5, 0.6) is 0 Å². The maximum absolute atomic E-state index is 11.0. The lowest BCUT2D eigenvalue weighted by Gasteiger charge is -2.05. The number of aromatic amines is 1. The molecule has 0 unspecified atom stereocenters. The molecule has 4 heteroatoms. The highest BCUT2D eigenvalue weighted by atomic mass is 16.1. The van der Waals surface area contributed by atoms with Crippen LogP contribution in [0.4, 0.5) is 0 Å². The summed E-state index contributed by atoms with van der Waals surface area (Å²) in [6.45, 7) is 6.05. The molecule has 0 fully saturated rings. The highest BCUT2D eigenvalue weighted by molar-refractivity contribution is 5.09. The fourth-order valence-electron chi connectivity index (χ4n) is 1.47. The van der Waals surface area contributed by atoms with Crippen molar-refractivity contribution in [2.75, 3.05) is 19.6 Å². The quantitative estimate of drug-likeness (QED) is 0.573. The Kier molecular flexibility index (Phi) is 6.53. The Morgan fingerprint density at radius 2 is 2.06 bits per heavy atom. The van der Waals surface area contributed by atoms with Crippen molar-refractivity contribution in [3.8, 4) is 0 Å². The predicted molar refractivity (Wildman–Crippen MR) is 66.5 cm³/mol. The van der Waals surface area contributed by atoms with Crippen LogP contribution < -0.4 is 16.2 Å². The molecule has 0 saturated heterocycles. The van der Waals surface area contributed by atoms with E-state index in [0.717, 1.165) is 38.2 Å². The van der Waals surface area contributed by atoms with Gasteiger partial charge >= 0.3 is 0 Å². The zero-order valence-corrected chi connectivity index (χ0v) is 9.88. The monoisotopic (exact) mass is 223 g/mol. The van der Waals surface area contributed by atoms with E-state index in [1.165, 1.54) is 6.42 Å². The molecule has 4 nitrogen and oxygen atoms in total. The van der Waals surface area contributed by atoms with Crippen molar-refractivity contribution >= 4 is 0 Å². The predicted octanol–water partition coefficient (Wildman–Crippen LogP) is 0.854. The molecule has 0 aliphatic carbocycles. The molecule has 0 aromatic carbocycles. The van der Waals surface area contributed by atoms with Crippen molar-refractivity contribution in [1.29, 1.82) is 0 Å². The fourth-order valence-corrected chi connectivity index (χ4v) is 1.47. The maximum Gasteiger partial charge on any atom is 0.248 e. The van der Waals surface area contributed by atoms with Gasteiger partial charge in [-0.3, -0.25) is 4.79 Å². The summed E-state index contributed by atoms with van der Waals surface area (Å²) in [7, 11) is 0. The van der Waals surface area contributed by atoms with Gasteiger partial charge in [0, 0.05) is 18.8 Å². The molecule has 1 rings (SSSR count). The Hall–Kier alpha value is -1.13. The smallest absolute Gasteiger partial charge is 0.248 e. The van der Waals surface area contributed by atoms with Gasteiger partial charge in [0.2, 0.25) is 5.56 Å². The van der Waals surface area contributed by atoms with Crippen LogP contribution >= 0.6 is 0 Å². The first-order chi connectivity index (χ1) is 7.83. The van der Waals surface area contributed by atoms with Gasteiger partial charge in [0.05, 0.1) is 0 Å². The van der Waals surface area contributed by atoms with E-state index < -0.39 is 0 Å². The molecule has 1 heterocycles. The van der Waals surface area contributed by atoms with Crippen molar-refractivity contribution in [3.63, 3.8) is 0 Å². The van der Waals surface area contributed by atoms with Crippen LogP contribution in [0, 0.1) is 0 Å². The van der Waals surface area contributed by atoms with E-state index in [2.05, 4.69) is 22.5 Å². The molecule has 0 aliphatic rings. The van der Waals surface area contributed by atoms with Gasteiger partial charge in [-0.25, -0.2) is 0 Å². The second-order valence-corrected chi connectivity index (χ2v) is 3.84.